The maximum Gasteiger partial charge on any atom is 0.220 e. The summed E-state index contributed by atoms with van der Waals surface area (Å²) in [6, 6.07) is 0. The quantitative estimate of drug-likeness (QED) is 0.567. The van der Waals surface area contributed by atoms with E-state index in [9.17, 15) is 14.4 Å². The van der Waals surface area contributed by atoms with Crippen LogP contribution in [0.2, 0.25) is 0 Å². The van der Waals surface area contributed by atoms with Crippen molar-refractivity contribution in [1.82, 2.24) is 0 Å². The number of halogens is 3. The van der Waals surface area contributed by atoms with Crippen LogP contribution in [0.5, 0.6) is 0 Å². The summed E-state index contributed by atoms with van der Waals surface area (Å²) in [5.74, 6) is 0. The molecule has 68 valence electrons. The van der Waals surface area contributed by atoms with Crippen LogP contribution in [0.15, 0.2) is 0 Å². The van der Waals surface area contributed by atoms with E-state index >= 15 is 0 Å². The summed E-state index contributed by atoms with van der Waals surface area (Å²) in [5.41, 5.74) is -1.62. The van der Waals surface area contributed by atoms with Gasteiger partial charge in [-0.3, -0.25) is 14.4 Å². The van der Waals surface area contributed by atoms with Gasteiger partial charge in [0.1, 0.15) is 0 Å². The molecule has 0 aliphatic heterocycles. The second-order valence-corrected chi connectivity index (χ2v) is 4.24. The Morgan fingerprint density at radius 1 is 1.00 bits per heavy atom. The van der Waals surface area contributed by atoms with Gasteiger partial charge in [0.25, 0.3) is 0 Å². The van der Waals surface area contributed by atoms with Gasteiger partial charge in [0.2, 0.25) is 14.1 Å². The molecule has 12 heavy (non-hydrogen) atoms. The molecule has 0 saturated carbocycles. The Morgan fingerprint density at radius 3 is 1.25 bits per heavy atom. The molecule has 0 amide bonds. The number of carbonyl (C=O) groups excluding carboxylic acids is 3. The van der Waals surface area contributed by atoms with Gasteiger partial charge in [-0.2, -0.15) is 0 Å². The van der Waals surface area contributed by atoms with E-state index < -0.39 is 19.5 Å². The van der Waals surface area contributed by atoms with Gasteiger partial charge in [-0.15, -0.1) is 0 Å². The maximum absolute atomic E-state index is 11.0. The van der Waals surface area contributed by atoms with Gasteiger partial charge in [-0.1, -0.05) is 6.92 Å². The topological polar surface area (TPSA) is 51.2 Å². The lowest BCUT2D eigenvalue weighted by atomic mass is 9.91. The summed E-state index contributed by atoms with van der Waals surface area (Å²) in [7, 11) is 0. The first kappa shape index (κ1) is 12.4. The Kier molecular flexibility index (Phi) is 4.79. The largest absolute Gasteiger partial charge is 0.285 e. The highest BCUT2D eigenvalue weighted by molar-refractivity contribution is 9.20. The molecule has 0 spiro atoms. The van der Waals surface area contributed by atoms with Gasteiger partial charge in [-0.05, 0) is 54.2 Å². The average Bonchev–Trinajstić information content (AvgIpc) is 1.86. The first-order valence-electron chi connectivity index (χ1n) is 2.99. The van der Waals surface area contributed by atoms with E-state index in [1.54, 1.807) is 6.92 Å². The third-order valence-electron chi connectivity index (χ3n) is 1.54. The lowest BCUT2D eigenvalue weighted by Gasteiger charge is -2.19. The molecule has 0 rings (SSSR count). The van der Waals surface area contributed by atoms with Crippen molar-refractivity contribution in [1.29, 1.82) is 0 Å². The molecule has 6 heteroatoms. The number of rotatable bonds is 4. The van der Waals surface area contributed by atoms with Crippen LogP contribution in [0.4, 0.5) is 0 Å². The minimum Gasteiger partial charge on any atom is -0.285 e. The molecule has 0 saturated heterocycles. The van der Waals surface area contributed by atoms with Crippen LogP contribution in [-0.2, 0) is 14.4 Å². The molecule has 0 fully saturated rings. The lowest BCUT2D eigenvalue weighted by Crippen LogP contribution is -2.38. The van der Waals surface area contributed by atoms with Crippen LogP contribution < -0.4 is 0 Å². The zero-order chi connectivity index (χ0) is 9.94. The van der Waals surface area contributed by atoms with E-state index in [0.717, 1.165) is 0 Å². The van der Waals surface area contributed by atoms with E-state index in [1.165, 1.54) is 0 Å². The van der Waals surface area contributed by atoms with Gasteiger partial charge in [0.15, 0.2) is 5.41 Å². The summed E-state index contributed by atoms with van der Waals surface area (Å²) in [5, 5.41) is 0. The first-order valence-corrected chi connectivity index (χ1v) is 5.37. The third-order valence-corrected chi connectivity index (χ3v) is 3.57. The first-order chi connectivity index (χ1) is 5.39. The smallest absolute Gasteiger partial charge is 0.220 e. The predicted molar refractivity (Wildman–Crippen MR) is 54.5 cm³/mol. The van der Waals surface area contributed by atoms with Gasteiger partial charge < -0.3 is 0 Å². The molecule has 0 atom stereocenters. The van der Waals surface area contributed by atoms with E-state index in [4.69, 9.17) is 0 Å². The lowest BCUT2D eigenvalue weighted by molar-refractivity contribution is -0.136. The maximum atomic E-state index is 11.0. The minimum absolute atomic E-state index is 0.116. The van der Waals surface area contributed by atoms with Crippen molar-refractivity contribution in [2.75, 3.05) is 0 Å². The SMILES string of the molecule is CCC(C(=O)Br)(C(=O)Br)C(=O)Br. The van der Waals surface area contributed by atoms with Crippen molar-refractivity contribution in [3.63, 3.8) is 0 Å². The highest BCUT2D eigenvalue weighted by Crippen LogP contribution is 2.33. The Labute approximate surface area is 94.7 Å². The van der Waals surface area contributed by atoms with Crippen LogP contribution in [0.3, 0.4) is 0 Å². The summed E-state index contributed by atoms with van der Waals surface area (Å²) >= 11 is 7.86. The highest BCUT2D eigenvalue weighted by Gasteiger charge is 2.47. The van der Waals surface area contributed by atoms with Crippen molar-refractivity contribution in [3.05, 3.63) is 0 Å². The van der Waals surface area contributed by atoms with Gasteiger partial charge in [0, 0.05) is 0 Å². The van der Waals surface area contributed by atoms with E-state index in [0.29, 0.717) is 0 Å². The molecule has 0 aliphatic carbocycles. The van der Waals surface area contributed by atoms with Crippen LogP contribution in [-0.4, -0.2) is 14.1 Å². The summed E-state index contributed by atoms with van der Waals surface area (Å²) < 4.78 is -1.91. The van der Waals surface area contributed by atoms with Crippen LogP contribution in [0.25, 0.3) is 0 Å². The van der Waals surface area contributed by atoms with E-state index in [1.807, 2.05) is 0 Å². The summed E-state index contributed by atoms with van der Waals surface area (Å²) in [6.07, 6.45) is 0.116. The fourth-order valence-electron chi connectivity index (χ4n) is 0.649. The summed E-state index contributed by atoms with van der Waals surface area (Å²) in [4.78, 5) is 33.0. The molecule has 0 aliphatic rings. The average molecular weight is 365 g/mol. The fraction of sp³-hybridized carbons (Fsp3) is 0.500. The Balaban J connectivity index is 5.19. The van der Waals surface area contributed by atoms with Gasteiger partial charge in [0.05, 0.1) is 0 Å². The fourth-order valence-corrected chi connectivity index (χ4v) is 3.37. The Morgan fingerprint density at radius 2 is 1.25 bits per heavy atom. The zero-order valence-corrected chi connectivity index (χ0v) is 10.8. The van der Waals surface area contributed by atoms with Crippen molar-refractivity contribution in [3.8, 4) is 0 Å². The van der Waals surface area contributed by atoms with Crippen molar-refractivity contribution < 1.29 is 14.4 Å². The number of hydrogen-bond donors (Lipinski definition) is 0. The predicted octanol–water partition coefficient (Wildman–Crippen LogP) is 2.15. The third kappa shape index (κ3) is 2.03. The molecule has 0 aromatic heterocycles. The minimum atomic E-state index is -1.62. The van der Waals surface area contributed by atoms with Crippen molar-refractivity contribution in [2.45, 2.75) is 13.3 Å². The van der Waals surface area contributed by atoms with Crippen LogP contribution >= 0.6 is 47.8 Å². The molecule has 3 nitrogen and oxygen atoms in total. The second-order valence-electron chi connectivity index (χ2n) is 2.08. The monoisotopic (exact) mass is 362 g/mol. The van der Waals surface area contributed by atoms with E-state index in [2.05, 4.69) is 47.8 Å². The van der Waals surface area contributed by atoms with Crippen LogP contribution in [0.1, 0.15) is 13.3 Å². The Hall–Kier alpha value is 0.450. The molecular formula is C6H5Br3O3. The molecule has 0 N–H and O–H groups in total. The number of hydrogen-bond acceptors (Lipinski definition) is 3. The molecule has 0 radical (unpaired) electrons. The molecule has 0 heterocycles. The zero-order valence-electron chi connectivity index (χ0n) is 6.07. The van der Waals surface area contributed by atoms with Gasteiger partial charge in [-0.25, -0.2) is 0 Å². The molecule has 0 aromatic rings. The standard InChI is InChI=1S/C6H5Br3O3/c1-2-6(3(7)10,4(8)11)5(9)12/h2H2,1H3. The highest BCUT2D eigenvalue weighted by atomic mass is 79.9. The molecule has 0 aromatic carbocycles. The second kappa shape index (κ2) is 4.62. The summed E-state index contributed by atoms with van der Waals surface area (Å²) in [6.45, 7) is 1.58. The molecule has 0 unspecified atom stereocenters. The Bertz CT molecular complexity index is 200. The number of carbonyl (C=O) groups is 3. The normalized spacial score (nSPS) is 11.0. The van der Waals surface area contributed by atoms with Crippen molar-refractivity contribution in [2.24, 2.45) is 5.41 Å². The van der Waals surface area contributed by atoms with E-state index in [-0.39, 0.29) is 6.42 Å². The molecular weight excluding hydrogens is 360 g/mol. The van der Waals surface area contributed by atoms with Crippen molar-refractivity contribution >= 4 is 61.9 Å². The van der Waals surface area contributed by atoms with Crippen LogP contribution in [0, 0.1) is 5.41 Å². The molecule has 0 bridgehead atoms. The van der Waals surface area contributed by atoms with Gasteiger partial charge >= 0.3 is 0 Å².